The molecule has 0 radical (unpaired) electrons. The fourth-order valence-electron chi connectivity index (χ4n) is 21.5. The Morgan fingerprint density at radius 1 is 0.210 bits per heavy atom. The molecular weight excluding hydrogens is 1540 g/mol. The van der Waals surface area contributed by atoms with Crippen LogP contribution in [0.25, 0.3) is 188 Å². The monoisotopic (exact) mass is 1610 g/mol. The van der Waals surface area contributed by atoms with Crippen LogP contribution in [0, 0.1) is 0 Å². The van der Waals surface area contributed by atoms with Gasteiger partial charge in [0.1, 0.15) is 0 Å². The van der Waals surface area contributed by atoms with E-state index in [1.807, 2.05) is 41.7 Å². The third kappa shape index (κ3) is 9.95. The smallest absolute Gasteiger partial charge is 0.235 e. The van der Waals surface area contributed by atoms with E-state index in [0.717, 1.165) is 99.6 Å². The van der Waals surface area contributed by atoms with E-state index in [0.29, 0.717) is 23.4 Å². The van der Waals surface area contributed by atoms with Crippen LogP contribution in [0.4, 0.5) is 0 Å². The van der Waals surface area contributed by atoms with Crippen molar-refractivity contribution in [1.82, 2.24) is 34.1 Å². The molecule has 2 aliphatic heterocycles. The van der Waals surface area contributed by atoms with Crippen molar-refractivity contribution in [3.05, 3.63) is 451 Å². The van der Waals surface area contributed by atoms with E-state index < -0.39 is 10.8 Å². The minimum atomic E-state index is -0.564. The van der Waals surface area contributed by atoms with Gasteiger partial charge in [-0.15, -0.1) is 0 Å². The van der Waals surface area contributed by atoms with Crippen LogP contribution >= 0.6 is 23.5 Å². The summed E-state index contributed by atoms with van der Waals surface area (Å²) in [5, 5.41) is 12.9. The van der Waals surface area contributed by atoms with Crippen molar-refractivity contribution in [2.45, 2.75) is 30.4 Å². The second-order valence-corrected chi connectivity index (χ2v) is 35.4. The van der Waals surface area contributed by atoms with Crippen LogP contribution in [0.5, 0.6) is 0 Å². The Hall–Kier alpha value is -15.4. The number of nitrogens with zero attached hydrogens (tertiary/aromatic N) is 7. The summed E-state index contributed by atoms with van der Waals surface area (Å²) in [5.74, 6) is 2.41. The Kier molecular flexibility index (Phi) is 14.9. The molecule has 19 aromatic carbocycles. The lowest BCUT2D eigenvalue weighted by Crippen LogP contribution is -2.32. The average Bonchev–Trinajstić information content (AvgIpc) is 1.17. The molecule has 23 aromatic rings. The zero-order valence-corrected chi connectivity index (χ0v) is 68.3. The predicted molar refractivity (Wildman–Crippen MR) is 510 cm³/mol. The summed E-state index contributed by atoms with van der Waals surface area (Å²) in [6.07, 6.45) is 0. The molecule has 7 nitrogen and oxygen atoms in total. The van der Waals surface area contributed by atoms with Crippen molar-refractivity contribution in [2.75, 3.05) is 0 Å². The van der Waals surface area contributed by atoms with E-state index in [-0.39, 0.29) is 0 Å². The molecule has 2 spiro atoms. The third-order valence-corrected chi connectivity index (χ3v) is 29.1. The molecule has 0 atom stereocenters. The number of para-hydroxylation sites is 1. The molecule has 2 aliphatic carbocycles. The minimum Gasteiger partial charge on any atom is -0.309 e. The number of hydrogen-bond donors (Lipinski definition) is 0. The van der Waals surface area contributed by atoms with Gasteiger partial charge in [-0.2, -0.15) is 0 Å². The number of hydrogen-bond acceptors (Lipinski definition) is 7. The topological polar surface area (TPSA) is 74.3 Å². The highest BCUT2D eigenvalue weighted by Gasteiger charge is 2.52. The fourth-order valence-corrected chi connectivity index (χ4v) is 24.0. The molecule has 4 aliphatic rings. The van der Waals surface area contributed by atoms with Gasteiger partial charge in [0, 0.05) is 74.5 Å². The van der Waals surface area contributed by atoms with Crippen molar-refractivity contribution < 1.29 is 0 Å². The summed E-state index contributed by atoms with van der Waals surface area (Å²) >= 11 is 3.77. The maximum absolute atomic E-state index is 5.77. The van der Waals surface area contributed by atoms with Gasteiger partial charge in [-0.3, -0.25) is 4.57 Å². The van der Waals surface area contributed by atoms with Gasteiger partial charge >= 0.3 is 0 Å². The highest BCUT2D eigenvalue weighted by molar-refractivity contribution is 7.99. The van der Waals surface area contributed by atoms with Gasteiger partial charge in [-0.05, 0) is 206 Å². The largest absolute Gasteiger partial charge is 0.309 e. The van der Waals surface area contributed by atoms with Crippen LogP contribution < -0.4 is 0 Å². The van der Waals surface area contributed by atoms with E-state index in [4.69, 9.17) is 24.9 Å². The molecule has 0 unspecified atom stereocenters. The highest BCUT2D eigenvalue weighted by atomic mass is 32.2. The van der Waals surface area contributed by atoms with E-state index in [9.17, 15) is 0 Å². The first-order valence-electron chi connectivity index (χ1n) is 42.3. The van der Waals surface area contributed by atoms with E-state index in [1.165, 1.54) is 129 Å². The molecule has 0 saturated carbocycles. The molecule has 0 N–H and O–H groups in total. The van der Waals surface area contributed by atoms with E-state index in [1.54, 1.807) is 0 Å². The molecule has 0 amide bonds. The summed E-state index contributed by atoms with van der Waals surface area (Å²) in [6.45, 7) is 0. The number of fused-ring (bicyclic) bond motifs is 30. The molecule has 4 aromatic heterocycles. The Morgan fingerprint density at radius 3 is 1.19 bits per heavy atom. The lowest BCUT2D eigenvalue weighted by Gasteiger charge is -2.39. The van der Waals surface area contributed by atoms with Crippen LogP contribution in [0.1, 0.15) is 44.5 Å². The van der Waals surface area contributed by atoms with Crippen LogP contribution in [0.3, 0.4) is 0 Å². The van der Waals surface area contributed by atoms with Crippen LogP contribution in [0.2, 0.25) is 0 Å². The SMILES string of the molecule is c1ccc(-c2nc(-c3ccc(-c4cccc(-c5ccc6cc(-c7nc(-n8c9cc%10c(cc9c9c%11ccccc%11ccc98)Sc8ccccc8C%108c9ccccc9-c9ccccc98)nc8ccccc78)ccc6c5)c4)cc3)nc(-c3cccc(-n4c5cc6c(cc5c5c7ccccc7ccc54)Sc4ccccc4C64c5ccccc5-c5ccccc54)c3)n2)cc1. The molecule has 27 rings (SSSR count). The molecule has 0 fully saturated rings. The zero-order valence-electron chi connectivity index (χ0n) is 66.6. The quantitative estimate of drug-likeness (QED) is 0.150. The minimum absolute atomic E-state index is 0.546. The van der Waals surface area contributed by atoms with Crippen LogP contribution in [-0.4, -0.2) is 34.1 Å². The summed E-state index contributed by atoms with van der Waals surface area (Å²) in [7, 11) is 0. The lowest BCUT2D eigenvalue weighted by atomic mass is 9.67. The van der Waals surface area contributed by atoms with Gasteiger partial charge in [-0.1, -0.05) is 345 Å². The molecule has 0 bridgehead atoms. The maximum atomic E-state index is 5.77. The summed E-state index contributed by atoms with van der Waals surface area (Å²) in [6, 6.07) is 150. The van der Waals surface area contributed by atoms with Crippen LogP contribution in [-0.2, 0) is 10.8 Å². The first-order valence-corrected chi connectivity index (χ1v) is 44.0. The molecule has 0 saturated heterocycles. The molecule has 9 heteroatoms. The highest BCUT2D eigenvalue weighted by Crippen LogP contribution is 2.65. The second-order valence-electron chi connectivity index (χ2n) is 33.2. The van der Waals surface area contributed by atoms with Crippen LogP contribution in [0.15, 0.2) is 426 Å². The summed E-state index contributed by atoms with van der Waals surface area (Å²) < 4.78 is 4.83. The van der Waals surface area contributed by atoms with Crippen molar-refractivity contribution >= 4 is 110 Å². The van der Waals surface area contributed by atoms with Gasteiger partial charge < -0.3 is 4.57 Å². The number of benzene rings is 19. The van der Waals surface area contributed by atoms with Crippen molar-refractivity contribution in [3.8, 4) is 102 Å². The molecule has 124 heavy (non-hydrogen) atoms. The second kappa shape index (κ2) is 26.6. The Bertz CT molecular complexity index is 8500. The normalized spacial score (nSPS) is 13.5. The predicted octanol–water partition coefficient (Wildman–Crippen LogP) is 29.1. The van der Waals surface area contributed by atoms with E-state index >= 15 is 0 Å². The van der Waals surface area contributed by atoms with Gasteiger partial charge in [0.05, 0.1) is 44.1 Å². The van der Waals surface area contributed by atoms with Gasteiger partial charge in [0.25, 0.3) is 0 Å². The maximum Gasteiger partial charge on any atom is 0.235 e. The number of rotatable bonds is 8. The Morgan fingerprint density at radius 2 is 0.613 bits per heavy atom. The first-order chi connectivity index (χ1) is 61.4. The first kappa shape index (κ1) is 69.4. The molecular formula is C115H67N7S2. The number of aromatic nitrogens is 7. The van der Waals surface area contributed by atoms with Gasteiger partial charge in [-0.25, -0.2) is 24.9 Å². The zero-order chi connectivity index (χ0) is 81.0. The Labute approximate surface area is 722 Å². The van der Waals surface area contributed by atoms with Gasteiger partial charge in [0.15, 0.2) is 17.5 Å². The fraction of sp³-hybridized carbons (Fsp3) is 0.0174. The summed E-state index contributed by atoms with van der Waals surface area (Å²) in [4.78, 5) is 32.4. The van der Waals surface area contributed by atoms with Gasteiger partial charge in [0.2, 0.25) is 5.95 Å². The van der Waals surface area contributed by atoms with Crippen molar-refractivity contribution in [1.29, 1.82) is 0 Å². The third-order valence-electron chi connectivity index (χ3n) is 26.9. The molecule has 574 valence electrons. The van der Waals surface area contributed by atoms with Crippen molar-refractivity contribution in [3.63, 3.8) is 0 Å². The Balaban J connectivity index is 0.536. The lowest BCUT2D eigenvalue weighted by molar-refractivity contribution is 0.723. The van der Waals surface area contributed by atoms with E-state index in [2.05, 4.69) is 397 Å². The average molecular weight is 1610 g/mol. The standard InChI is InChI=1S/C115H67N7S2/c1-2-26-71(27-3-1)110-118-111(120-112(119-110)79-30-23-31-80(63-79)121-99-58-56-69-24-4-6-32-81(69)107(99)88-64-105-96(66-101(88)121)114(94-43-17-20-46-103(94)123-105)90-39-13-8-34-83(90)84-35-9-14-40-91(84)114)72-50-48-68(49-51-72)73-28-22-29-74(60-73)75-52-53-77-62-78(55-54-76(77)61-75)109-87-38-12-19-45-98(87)116-113(117-109)122-100-59-57-70-25-5-7-33-82(70)108(100)89-65-106-97(67-102(89)122)115(95-44-18-21-47-104(95)124-106)92-41-15-10-36-85(92)86-37-11-16-42-93(86)115/h1-67H. The van der Waals surface area contributed by atoms with Crippen molar-refractivity contribution in [2.24, 2.45) is 0 Å². The molecule has 6 heterocycles. The summed E-state index contributed by atoms with van der Waals surface area (Å²) in [5.41, 5.74) is 29.7.